The lowest BCUT2D eigenvalue weighted by Gasteiger charge is -2.25. The summed E-state index contributed by atoms with van der Waals surface area (Å²) in [6.45, 7) is 6.90. The third-order valence-electron chi connectivity index (χ3n) is 2.40. The summed E-state index contributed by atoms with van der Waals surface area (Å²) in [6.07, 6.45) is 1.89. The van der Waals surface area contributed by atoms with Crippen molar-refractivity contribution in [2.24, 2.45) is 0 Å². The molecule has 0 N–H and O–H groups in total. The number of carbonyl (C=O) groups is 1. The largest absolute Gasteiger partial charge is 0.500 e. The van der Waals surface area contributed by atoms with Crippen molar-refractivity contribution in [3.8, 4) is 0 Å². The third-order valence-corrected chi connectivity index (χ3v) is 5.34. The van der Waals surface area contributed by atoms with Gasteiger partial charge >= 0.3 is 14.8 Å². The molecule has 0 aromatic heterocycles. The maximum Gasteiger partial charge on any atom is 0.500 e. The second kappa shape index (κ2) is 11.1. The molecule has 19 heavy (non-hydrogen) atoms. The van der Waals surface area contributed by atoms with E-state index in [9.17, 15) is 4.79 Å². The molecule has 0 spiro atoms. The van der Waals surface area contributed by atoms with Gasteiger partial charge in [0.05, 0.1) is 6.61 Å². The molecular formula is C12H24O6Si. The smallest absolute Gasteiger partial charge is 0.460 e. The van der Waals surface area contributed by atoms with E-state index < -0.39 is 14.8 Å². The zero-order chi connectivity index (χ0) is 14.6. The summed E-state index contributed by atoms with van der Waals surface area (Å²) in [4.78, 5) is 10.7. The molecule has 0 atom stereocenters. The lowest BCUT2D eigenvalue weighted by Crippen LogP contribution is -2.43. The van der Waals surface area contributed by atoms with Gasteiger partial charge in [-0.05, 0) is 13.3 Å². The van der Waals surface area contributed by atoms with E-state index in [1.807, 2.05) is 6.92 Å². The zero-order valence-electron chi connectivity index (χ0n) is 12.0. The van der Waals surface area contributed by atoms with Crippen molar-refractivity contribution in [2.75, 3.05) is 40.6 Å². The van der Waals surface area contributed by atoms with Crippen molar-refractivity contribution < 1.29 is 27.5 Å². The molecule has 0 heterocycles. The van der Waals surface area contributed by atoms with Crippen LogP contribution in [0.5, 0.6) is 0 Å². The molecule has 0 rings (SSSR count). The van der Waals surface area contributed by atoms with Gasteiger partial charge in [0.25, 0.3) is 0 Å². The highest BCUT2D eigenvalue weighted by molar-refractivity contribution is 6.60. The van der Waals surface area contributed by atoms with E-state index in [-0.39, 0.29) is 6.61 Å². The molecule has 0 aliphatic heterocycles. The molecule has 0 saturated heterocycles. The van der Waals surface area contributed by atoms with E-state index >= 15 is 0 Å². The van der Waals surface area contributed by atoms with Gasteiger partial charge in [-0.1, -0.05) is 6.58 Å². The van der Waals surface area contributed by atoms with Crippen LogP contribution in [0, 0.1) is 0 Å². The lowest BCUT2D eigenvalue weighted by molar-refractivity contribution is -0.139. The van der Waals surface area contributed by atoms with Gasteiger partial charge in [0.2, 0.25) is 0 Å². The Bertz CT molecular complexity index is 255. The van der Waals surface area contributed by atoms with Crippen LogP contribution < -0.4 is 0 Å². The number of hydrogen-bond donors (Lipinski definition) is 0. The molecule has 0 saturated carbocycles. The molecule has 112 valence electrons. The van der Waals surface area contributed by atoms with E-state index in [2.05, 4.69) is 6.58 Å². The number of esters is 1. The second-order valence-electron chi connectivity index (χ2n) is 3.61. The molecule has 0 amide bonds. The highest BCUT2D eigenvalue weighted by Crippen LogP contribution is 2.15. The van der Waals surface area contributed by atoms with Crippen LogP contribution in [0.1, 0.15) is 13.3 Å². The second-order valence-corrected chi connectivity index (χ2v) is 6.58. The Hall–Kier alpha value is -0.733. The number of hydrogen-bond acceptors (Lipinski definition) is 6. The van der Waals surface area contributed by atoms with Crippen LogP contribution in [-0.4, -0.2) is 55.4 Å². The molecule has 0 unspecified atom stereocenters. The van der Waals surface area contributed by atoms with E-state index in [0.717, 1.165) is 12.5 Å². The molecule has 7 heteroatoms. The summed E-state index contributed by atoms with van der Waals surface area (Å²) in [5.41, 5.74) is 0. The number of rotatable bonds is 12. The standard InChI is InChI=1S/C12H24O6Si/c1-5-12(13)17-10-9-16-8-7-11-19(14-3,15-4)18-6-2/h5H,1,6-11H2,2-4H3. The van der Waals surface area contributed by atoms with Crippen molar-refractivity contribution in [1.82, 2.24) is 0 Å². The van der Waals surface area contributed by atoms with Crippen LogP contribution in [0.15, 0.2) is 12.7 Å². The Morgan fingerprint density at radius 1 is 1.21 bits per heavy atom. The van der Waals surface area contributed by atoms with Crippen molar-refractivity contribution >= 4 is 14.8 Å². The minimum atomic E-state index is -2.51. The average Bonchev–Trinajstić information content (AvgIpc) is 2.44. The van der Waals surface area contributed by atoms with Crippen molar-refractivity contribution in [1.29, 1.82) is 0 Å². The maximum absolute atomic E-state index is 10.7. The van der Waals surface area contributed by atoms with E-state index in [1.54, 1.807) is 14.2 Å². The molecule has 0 bridgehead atoms. The molecule has 6 nitrogen and oxygen atoms in total. The van der Waals surface area contributed by atoms with Crippen molar-refractivity contribution in [3.05, 3.63) is 12.7 Å². The first kappa shape index (κ1) is 18.3. The highest BCUT2D eigenvalue weighted by atomic mass is 28.4. The number of ether oxygens (including phenoxy) is 2. The molecule has 0 fully saturated rings. The van der Waals surface area contributed by atoms with E-state index in [4.69, 9.17) is 22.8 Å². The molecule has 0 radical (unpaired) electrons. The van der Waals surface area contributed by atoms with Crippen molar-refractivity contribution in [2.45, 2.75) is 19.4 Å². The van der Waals surface area contributed by atoms with Gasteiger partial charge in [0.15, 0.2) is 0 Å². The predicted molar refractivity (Wildman–Crippen MR) is 72.8 cm³/mol. The molecule has 0 aliphatic carbocycles. The minimum Gasteiger partial charge on any atom is -0.460 e. The van der Waals surface area contributed by atoms with Crippen LogP contribution in [0.3, 0.4) is 0 Å². The average molecular weight is 292 g/mol. The van der Waals surface area contributed by atoms with Gasteiger partial charge in [-0.25, -0.2) is 4.79 Å². The molecular weight excluding hydrogens is 268 g/mol. The minimum absolute atomic E-state index is 0.230. The predicted octanol–water partition coefficient (Wildman–Crippen LogP) is 1.39. The number of carbonyl (C=O) groups excluding carboxylic acids is 1. The van der Waals surface area contributed by atoms with E-state index in [0.29, 0.717) is 25.9 Å². The third kappa shape index (κ3) is 8.12. The van der Waals surface area contributed by atoms with Crippen LogP contribution in [0.4, 0.5) is 0 Å². The lowest BCUT2D eigenvalue weighted by atomic mass is 10.5. The molecule has 0 aliphatic rings. The van der Waals surface area contributed by atoms with Crippen LogP contribution >= 0.6 is 0 Å². The first-order valence-electron chi connectivity index (χ1n) is 6.25. The Labute approximate surface area is 116 Å². The van der Waals surface area contributed by atoms with Gasteiger partial charge in [0, 0.05) is 39.6 Å². The summed E-state index contributed by atoms with van der Waals surface area (Å²) in [5, 5.41) is 0. The van der Waals surface area contributed by atoms with Gasteiger partial charge in [-0.15, -0.1) is 0 Å². The highest BCUT2D eigenvalue weighted by Gasteiger charge is 2.37. The summed E-state index contributed by atoms with van der Waals surface area (Å²) in [6, 6.07) is 0.695. The fourth-order valence-corrected chi connectivity index (χ4v) is 3.42. The van der Waals surface area contributed by atoms with Crippen LogP contribution in [0.2, 0.25) is 6.04 Å². The van der Waals surface area contributed by atoms with E-state index in [1.165, 1.54) is 0 Å². The fourth-order valence-electron chi connectivity index (χ4n) is 1.45. The van der Waals surface area contributed by atoms with Gasteiger partial charge in [0.1, 0.15) is 6.61 Å². The Morgan fingerprint density at radius 2 is 1.89 bits per heavy atom. The maximum atomic E-state index is 10.7. The molecule has 0 aromatic carbocycles. The molecule has 0 aromatic rings. The first-order valence-corrected chi connectivity index (χ1v) is 8.18. The van der Waals surface area contributed by atoms with Crippen molar-refractivity contribution in [3.63, 3.8) is 0 Å². The SMILES string of the molecule is C=CC(=O)OCCOCCC[Si](OC)(OC)OCC. The fraction of sp³-hybridized carbons (Fsp3) is 0.750. The zero-order valence-corrected chi connectivity index (χ0v) is 13.0. The summed E-state index contributed by atoms with van der Waals surface area (Å²) >= 11 is 0. The van der Waals surface area contributed by atoms with Gasteiger partial charge in [-0.3, -0.25) is 0 Å². The topological polar surface area (TPSA) is 63.2 Å². The normalized spacial score (nSPS) is 11.3. The van der Waals surface area contributed by atoms with Crippen LogP contribution in [0.25, 0.3) is 0 Å². The summed E-state index contributed by atoms with van der Waals surface area (Å²) < 4.78 is 26.4. The Morgan fingerprint density at radius 3 is 2.42 bits per heavy atom. The quantitative estimate of drug-likeness (QED) is 0.234. The Balaban J connectivity index is 3.66. The van der Waals surface area contributed by atoms with Gasteiger partial charge in [-0.2, -0.15) is 0 Å². The Kier molecular flexibility index (Phi) is 10.7. The summed E-state index contributed by atoms with van der Waals surface area (Å²) in [5.74, 6) is -0.440. The summed E-state index contributed by atoms with van der Waals surface area (Å²) in [7, 11) is 0.682. The first-order chi connectivity index (χ1) is 9.14. The van der Waals surface area contributed by atoms with Gasteiger partial charge < -0.3 is 22.8 Å². The van der Waals surface area contributed by atoms with Crippen LogP contribution in [-0.2, 0) is 27.5 Å². The monoisotopic (exact) mass is 292 g/mol.